The second-order valence-corrected chi connectivity index (χ2v) is 6.43. The van der Waals surface area contributed by atoms with Crippen LogP contribution < -0.4 is 14.8 Å². The Bertz CT molecular complexity index is 916. The van der Waals surface area contributed by atoms with Gasteiger partial charge >= 0.3 is 6.18 Å². The Labute approximate surface area is 164 Å². The number of hydrogen-bond donors (Lipinski definition) is 1. The fraction of sp³-hybridized carbons (Fsp3) is 0.316. The molecule has 1 N–H and O–H groups in total. The molecule has 0 spiro atoms. The van der Waals surface area contributed by atoms with Gasteiger partial charge < -0.3 is 19.7 Å². The molecule has 1 fully saturated rings. The van der Waals surface area contributed by atoms with Crippen molar-refractivity contribution in [3.05, 3.63) is 42.1 Å². The lowest BCUT2D eigenvalue weighted by Crippen LogP contribution is -2.38. The molecule has 7 nitrogen and oxygen atoms in total. The topological polar surface area (TPSA) is 80.8 Å². The van der Waals surface area contributed by atoms with Gasteiger partial charge in [-0.1, -0.05) is 0 Å². The number of aromatic nitrogens is 1. The number of benzene rings is 1. The van der Waals surface area contributed by atoms with Crippen molar-refractivity contribution in [1.29, 1.82) is 0 Å². The molecule has 154 valence electrons. The summed E-state index contributed by atoms with van der Waals surface area (Å²) in [5.41, 5.74) is -0.539. The van der Waals surface area contributed by atoms with Gasteiger partial charge in [0.15, 0.2) is 0 Å². The monoisotopic (exact) mass is 409 g/mol. The van der Waals surface area contributed by atoms with Gasteiger partial charge in [-0.05, 0) is 12.5 Å². The van der Waals surface area contributed by atoms with Crippen LogP contribution in [0.25, 0.3) is 0 Å². The normalized spacial score (nSPS) is 16.7. The molecule has 3 rings (SSSR count). The van der Waals surface area contributed by atoms with Gasteiger partial charge in [0.05, 0.1) is 12.7 Å². The van der Waals surface area contributed by atoms with Crippen molar-refractivity contribution in [2.75, 3.05) is 19.5 Å². The maximum atomic E-state index is 12.6. The largest absolute Gasteiger partial charge is 0.497 e. The first-order valence-corrected chi connectivity index (χ1v) is 8.64. The van der Waals surface area contributed by atoms with E-state index in [1.807, 2.05) is 0 Å². The van der Waals surface area contributed by atoms with Gasteiger partial charge in [0.2, 0.25) is 17.7 Å². The molecule has 10 heteroatoms. The average molecular weight is 409 g/mol. The third-order valence-corrected chi connectivity index (χ3v) is 4.46. The van der Waals surface area contributed by atoms with E-state index in [0.717, 1.165) is 12.1 Å². The lowest BCUT2D eigenvalue weighted by atomic mass is 10.2. The molecule has 0 radical (unpaired) electrons. The lowest BCUT2D eigenvalue weighted by Gasteiger charge is -2.19. The van der Waals surface area contributed by atoms with E-state index in [0.29, 0.717) is 30.5 Å². The Morgan fingerprint density at radius 1 is 1.24 bits per heavy atom. The summed E-state index contributed by atoms with van der Waals surface area (Å²) in [5, 5.41) is 2.70. The number of pyridine rings is 1. The van der Waals surface area contributed by atoms with Crippen molar-refractivity contribution in [1.82, 2.24) is 9.88 Å². The summed E-state index contributed by atoms with van der Waals surface area (Å²) in [4.78, 5) is 29.1. The van der Waals surface area contributed by atoms with Gasteiger partial charge in [0.1, 0.15) is 17.5 Å². The first-order chi connectivity index (χ1) is 13.7. The molecule has 2 aromatic rings. The Morgan fingerprint density at radius 2 is 1.97 bits per heavy atom. The molecule has 1 aromatic heterocycles. The van der Waals surface area contributed by atoms with E-state index in [9.17, 15) is 22.8 Å². The molecule has 29 heavy (non-hydrogen) atoms. The van der Waals surface area contributed by atoms with E-state index in [1.165, 1.54) is 24.1 Å². The zero-order chi connectivity index (χ0) is 21.2. The zero-order valence-electron chi connectivity index (χ0n) is 15.6. The number of likely N-dealkylation sites (tertiary alicyclic amines) is 1. The maximum absolute atomic E-state index is 12.6. The minimum absolute atomic E-state index is 0.0512. The molecule has 0 aliphatic carbocycles. The van der Waals surface area contributed by atoms with Crippen LogP contribution in [0.3, 0.4) is 0 Å². The quantitative estimate of drug-likeness (QED) is 0.818. The summed E-state index contributed by atoms with van der Waals surface area (Å²) in [6.45, 7) is 0. The zero-order valence-corrected chi connectivity index (χ0v) is 15.6. The molecule has 1 aromatic carbocycles. The van der Waals surface area contributed by atoms with E-state index in [4.69, 9.17) is 9.47 Å². The van der Waals surface area contributed by atoms with Crippen molar-refractivity contribution < 1.29 is 32.2 Å². The molecule has 1 aliphatic heterocycles. The molecular weight excluding hydrogens is 391 g/mol. The van der Waals surface area contributed by atoms with Gasteiger partial charge in [0, 0.05) is 49.6 Å². The van der Waals surface area contributed by atoms with Crippen LogP contribution in [0.5, 0.6) is 17.4 Å². The molecule has 1 unspecified atom stereocenters. The van der Waals surface area contributed by atoms with E-state index >= 15 is 0 Å². The van der Waals surface area contributed by atoms with Gasteiger partial charge in [-0.3, -0.25) is 9.59 Å². The number of hydrogen-bond acceptors (Lipinski definition) is 5. The summed E-state index contributed by atoms with van der Waals surface area (Å²) in [6, 6.07) is 5.92. The van der Waals surface area contributed by atoms with Crippen LogP contribution in [0.4, 0.5) is 18.9 Å². The number of anilines is 1. The summed E-state index contributed by atoms with van der Waals surface area (Å²) in [5.74, 6) is 0.0615. The molecule has 1 saturated heterocycles. The maximum Gasteiger partial charge on any atom is 0.417 e. The van der Waals surface area contributed by atoms with Crippen LogP contribution >= 0.6 is 0 Å². The summed E-state index contributed by atoms with van der Waals surface area (Å²) in [6.07, 6.45) is -3.09. The number of nitrogens with one attached hydrogen (secondary N) is 1. The predicted molar refractivity (Wildman–Crippen MR) is 96.7 cm³/mol. The highest BCUT2D eigenvalue weighted by Crippen LogP contribution is 2.32. The van der Waals surface area contributed by atoms with Crippen LogP contribution in [0.15, 0.2) is 36.5 Å². The van der Waals surface area contributed by atoms with Gasteiger partial charge in [-0.15, -0.1) is 0 Å². The van der Waals surface area contributed by atoms with Crippen LogP contribution in [0.2, 0.25) is 0 Å². The minimum Gasteiger partial charge on any atom is -0.497 e. The second-order valence-electron chi connectivity index (χ2n) is 6.43. The van der Waals surface area contributed by atoms with E-state index < -0.39 is 17.8 Å². The molecule has 2 heterocycles. The number of nitrogens with zero attached hydrogens (tertiary/aromatic N) is 2. The molecular formula is C19H18F3N3O4. The lowest BCUT2D eigenvalue weighted by molar-refractivity contribution is -0.137. The van der Waals surface area contributed by atoms with Crippen molar-refractivity contribution >= 4 is 17.5 Å². The number of carbonyl (C=O) groups is 2. The number of amides is 2. The Hall–Kier alpha value is -3.30. The third-order valence-electron chi connectivity index (χ3n) is 4.46. The van der Waals surface area contributed by atoms with Crippen molar-refractivity contribution in [3.8, 4) is 17.4 Å². The predicted octanol–water partition coefficient (Wildman–Crippen LogP) is 3.46. The standard InChI is InChI=1S/C19H18F3N3O4/c1-25-15(4-6-17(25)26)18(27)24-12-7-13(28-2)9-14(8-12)29-16-5-3-11(10-23-16)19(20,21)22/h3,5,7-10,15H,4,6H2,1-2H3,(H,24,27). The van der Waals surface area contributed by atoms with Crippen LogP contribution in [-0.2, 0) is 15.8 Å². The van der Waals surface area contributed by atoms with E-state index in [1.54, 1.807) is 13.1 Å². The fourth-order valence-corrected chi connectivity index (χ4v) is 2.89. The average Bonchev–Trinajstić information content (AvgIpc) is 3.00. The van der Waals surface area contributed by atoms with Crippen molar-refractivity contribution in [2.24, 2.45) is 0 Å². The molecule has 2 amide bonds. The van der Waals surface area contributed by atoms with Gasteiger partial charge in [0.25, 0.3) is 0 Å². The third kappa shape index (κ3) is 4.76. The van der Waals surface area contributed by atoms with Crippen LogP contribution in [0.1, 0.15) is 18.4 Å². The number of ether oxygens (including phenoxy) is 2. The first-order valence-electron chi connectivity index (χ1n) is 8.64. The van der Waals surface area contributed by atoms with Gasteiger partial charge in [-0.25, -0.2) is 4.98 Å². The van der Waals surface area contributed by atoms with Gasteiger partial charge in [-0.2, -0.15) is 13.2 Å². The first kappa shape index (κ1) is 20.4. The number of halogens is 3. The number of rotatable bonds is 5. The Balaban J connectivity index is 1.76. The fourth-order valence-electron chi connectivity index (χ4n) is 2.89. The van der Waals surface area contributed by atoms with Crippen molar-refractivity contribution in [2.45, 2.75) is 25.1 Å². The summed E-state index contributed by atoms with van der Waals surface area (Å²) >= 11 is 0. The number of methoxy groups -OCH3 is 1. The second kappa shape index (κ2) is 7.98. The van der Waals surface area contributed by atoms with E-state index in [-0.39, 0.29) is 23.4 Å². The molecule has 1 aliphatic rings. The highest BCUT2D eigenvalue weighted by Gasteiger charge is 2.33. The number of likely N-dealkylation sites (N-methyl/N-ethyl adjacent to an activating group) is 1. The van der Waals surface area contributed by atoms with Crippen molar-refractivity contribution in [3.63, 3.8) is 0 Å². The Kier molecular flexibility index (Phi) is 5.62. The van der Waals surface area contributed by atoms with Crippen LogP contribution in [0, 0.1) is 0 Å². The summed E-state index contributed by atoms with van der Waals surface area (Å²) < 4.78 is 48.6. The Morgan fingerprint density at radius 3 is 2.52 bits per heavy atom. The molecule has 1 atom stereocenters. The summed E-state index contributed by atoms with van der Waals surface area (Å²) in [7, 11) is 2.99. The number of carbonyl (C=O) groups excluding carboxylic acids is 2. The van der Waals surface area contributed by atoms with Crippen LogP contribution in [-0.4, -0.2) is 41.9 Å². The smallest absolute Gasteiger partial charge is 0.417 e. The minimum atomic E-state index is -4.49. The highest BCUT2D eigenvalue weighted by molar-refractivity contribution is 5.99. The van der Waals surface area contributed by atoms with E-state index in [2.05, 4.69) is 10.3 Å². The SMILES string of the molecule is COc1cc(NC(=O)C2CCC(=O)N2C)cc(Oc2ccc(C(F)(F)F)cn2)c1. The number of alkyl halides is 3. The molecule has 0 bridgehead atoms. The highest BCUT2D eigenvalue weighted by atomic mass is 19.4. The molecule has 0 saturated carbocycles.